The van der Waals surface area contributed by atoms with Crippen molar-refractivity contribution in [2.45, 2.75) is 77.4 Å². The molecule has 2 aliphatic rings. The fourth-order valence-corrected chi connectivity index (χ4v) is 4.70. The van der Waals surface area contributed by atoms with E-state index < -0.39 is 5.60 Å². The van der Waals surface area contributed by atoms with Crippen LogP contribution in [0.1, 0.15) is 81.0 Å². The number of nitrogens with zero attached hydrogens (tertiary/aromatic N) is 2. The van der Waals surface area contributed by atoms with Crippen molar-refractivity contribution in [1.82, 2.24) is 0 Å². The lowest BCUT2D eigenvalue weighted by atomic mass is 9.82. The van der Waals surface area contributed by atoms with Gasteiger partial charge in [-0.25, -0.2) is 4.79 Å². The predicted molar refractivity (Wildman–Crippen MR) is 125 cm³/mol. The molecule has 0 spiro atoms. The molecule has 2 aromatic rings. The van der Waals surface area contributed by atoms with Gasteiger partial charge in [0.05, 0.1) is 17.3 Å². The lowest BCUT2D eigenvalue weighted by Crippen LogP contribution is -2.35. The highest BCUT2D eigenvalue weighted by Gasteiger charge is 2.29. The first kappa shape index (κ1) is 22.2. The smallest absolute Gasteiger partial charge is 0.414 e. The molecule has 1 fully saturated rings. The SMILES string of the molecule is CC(C)(C)OC(=O)N1CCc2cc(OCc3ccc(C4CCCCC4)c(C#N)c3)ccc21. The fourth-order valence-electron chi connectivity index (χ4n) is 4.70. The summed E-state index contributed by atoms with van der Waals surface area (Å²) in [6.07, 6.45) is 6.64. The average Bonchev–Trinajstić information content (AvgIpc) is 3.20. The van der Waals surface area contributed by atoms with E-state index in [2.05, 4.69) is 18.2 Å². The van der Waals surface area contributed by atoms with Crippen molar-refractivity contribution in [1.29, 1.82) is 5.26 Å². The summed E-state index contributed by atoms with van der Waals surface area (Å²) in [5.41, 5.74) is 4.42. The van der Waals surface area contributed by atoms with Crippen molar-refractivity contribution >= 4 is 11.8 Å². The Morgan fingerprint density at radius 3 is 2.62 bits per heavy atom. The molecule has 0 bridgehead atoms. The molecule has 1 saturated carbocycles. The van der Waals surface area contributed by atoms with E-state index in [1.165, 1.54) is 37.7 Å². The van der Waals surface area contributed by atoms with E-state index in [0.29, 0.717) is 19.1 Å². The molecule has 0 unspecified atom stereocenters. The third-order valence-corrected chi connectivity index (χ3v) is 6.25. The van der Waals surface area contributed by atoms with Crippen LogP contribution in [0.25, 0.3) is 0 Å². The van der Waals surface area contributed by atoms with Gasteiger partial charge < -0.3 is 9.47 Å². The van der Waals surface area contributed by atoms with Crippen LogP contribution in [0, 0.1) is 11.3 Å². The Morgan fingerprint density at radius 2 is 1.91 bits per heavy atom. The first-order valence-electron chi connectivity index (χ1n) is 11.6. The number of amides is 1. The molecular formula is C27H32N2O3. The summed E-state index contributed by atoms with van der Waals surface area (Å²) in [7, 11) is 0. The average molecular weight is 433 g/mol. The predicted octanol–water partition coefficient (Wildman–Crippen LogP) is 6.48. The summed E-state index contributed by atoms with van der Waals surface area (Å²) >= 11 is 0. The molecule has 1 aliphatic carbocycles. The number of carbonyl (C=O) groups is 1. The Balaban J connectivity index is 1.42. The van der Waals surface area contributed by atoms with Gasteiger partial charge in [-0.2, -0.15) is 5.26 Å². The number of rotatable bonds is 4. The van der Waals surface area contributed by atoms with Crippen molar-refractivity contribution in [3.05, 3.63) is 58.7 Å². The largest absolute Gasteiger partial charge is 0.489 e. The molecule has 0 aromatic heterocycles. The normalized spacial score (nSPS) is 16.4. The van der Waals surface area contributed by atoms with Crippen LogP contribution in [0.4, 0.5) is 10.5 Å². The van der Waals surface area contributed by atoms with Crippen LogP contribution in [0.5, 0.6) is 5.75 Å². The molecule has 0 N–H and O–H groups in total. The minimum atomic E-state index is -0.516. The first-order valence-corrected chi connectivity index (χ1v) is 11.6. The lowest BCUT2D eigenvalue weighted by molar-refractivity contribution is 0.0584. The second-order valence-corrected chi connectivity index (χ2v) is 9.83. The molecule has 168 valence electrons. The molecule has 0 saturated heterocycles. The van der Waals surface area contributed by atoms with E-state index >= 15 is 0 Å². The summed E-state index contributed by atoms with van der Waals surface area (Å²) in [5.74, 6) is 1.28. The summed E-state index contributed by atoms with van der Waals surface area (Å²) in [6.45, 7) is 6.64. The monoisotopic (exact) mass is 432 g/mol. The highest BCUT2D eigenvalue weighted by Crippen LogP contribution is 2.35. The third kappa shape index (κ3) is 5.07. The van der Waals surface area contributed by atoms with Gasteiger partial charge in [-0.15, -0.1) is 0 Å². The van der Waals surface area contributed by atoms with E-state index in [4.69, 9.17) is 9.47 Å². The van der Waals surface area contributed by atoms with E-state index in [9.17, 15) is 10.1 Å². The minimum absolute atomic E-state index is 0.313. The van der Waals surface area contributed by atoms with Crippen molar-refractivity contribution in [2.24, 2.45) is 0 Å². The quantitative estimate of drug-likeness (QED) is 0.554. The summed E-state index contributed by atoms with van der Waals surface area (Å²) in [4.78, 5) is 14.2. The summed E-state index contributed by atoms with van der Waals surface area (Å²) in [5, 5.41) is 9.67. The topological polar surface area (TPSA) is 62.6 Å². The Morgan fingerprint density at radius 1 is 1.12 bits per heavy atom. The Kier molecular flexibility index (Phi) is 6.41. The van der Waals surface area contributed by atoms with E-state index in [0.717, 1.165) is 34.5 Å². The van der Waals surface area contributed by atoms with Crippen LogP contribution in [-0.2, 0) is 17.8 Å². The van der Waals surface area contributed by atoms with Crippen LogP contribution in [-0.4, -0.2) is 18.2 Å². The number of carbonyl (C=O) groups excluding carboxylic acids is 1. The molecule has 0 atom stereocenters. The van der Waals surface area contributed by atoms with Gasteiger partial charge in [-0.3, -0.25) is 4.90 Å². The second-order valence-electron chi connectivity index (χ2n) is 9.83. The summed E-state index contributed by atoms with van der Waals surface area (Å²) in [6, 6.07) is 14.4. The van der Waals surface area contributed by atoms with Crippen molar-refractivity contribution in [3.8, 4) is 11.8 Å². The zero-order valence-electron chi connectivity index (χ0n) is 19.3. The van der Waals surface area contributed by atoms with Gasteiger partial charge in [0.1, 0.15) is 18.0 Å². The molecule has 1 aliphatic heterocycles. The van der Waals surface area contributed by atoms with Gasteiger partial charge >= 0.3 is 6.09 Å². The van der Waals surface area contributed by atoms with Gasteiger partial charge in [0.2, 0.25) is 0 Å². The summed E-state index contributed by atoms with van der Waals surface area (Å²) < 4.78 is 11.6. The van der Waals surface area contributed by atoms with E-state index in [1.807, 2.05) is 45.0 Å². The lowest BCUT2D eigenvalue weighted by Gasteiger charge is -2.24. The maximum Gasteiger partial charge on any atom is 0.414 e. The van der Waals surface area contributed by atoms with E-state index in [-0.39, 0.29) is 6.09 Å². The zero-order valence-corrected chi connectivity index (χ0v) is 19.3. The molecule has 1 heterocycles. The number of nitriles is 1. The third-order valence-electron chi connectivity index (χ3n) is 6.25. The minimum Gasteiger partial charge on any atom is -0.489 e. The zero-order chi connectivity index (χ0) is 22.7. The maximum atomic E-state index is 12.5. The number of hydrogen-bond acceptors (Lipinski definition) is 4. The van der Waals surface area contributed by atoms with Crippen molar-refractivity contribution in [3.63, 3.8) is 0 Å². The highest BCUT2D eigenvalue weighted by molar-refractivity contribution is 5.90. The fraction of sp³-hybridized carbons (Fsp3) is 0.481. The van der Waals surface area contributed by atoms with Gasteiger partial charge in [0, 0.05) is 6.54 Å². The number of hydrogen-bond donors (Lipinski definition) is 0. The van der Waals surface area contributed by atoms with Gasteiger partial charge in [0.25, 0.3) is 0 Å². The molecular weight excluding hydrogens is 400 g/mol. The Bertz CT molecular complexity index is 1030. The van der Waals surface area contributed by atoms with Crippen molar-refractivity contribution in [2.75, 3.05) is 11.4 Å². The number of anilines is 1. The highest BCUT2D eigenvalue weighted by atomic mass is 16.6. The molecule has 0 radical (unpaired) electrons. The second kappa shape index (κ2) is 9.24. The molecule has 4 rings (SSSR count). The number of benzene rings is 2. The van der Waals surface area contributed by atoms with Crippen LogP contribution < -0.4 is 9.64 Å². The molecule has 5 nitrogen and oxygen atoms in total. The molecule has 5 heteroatoms. The van der Waals surface area contributed by atoms with E-state index in [1.54, 1.807) is 4.90 Å². The molecule has 2 aromatic carbocycles. The van der Waals surface area contributed by atoms with Gasteiger partial charge in [0.15, 0.2) is 0 Å². The first-order chi connectivity index (χ1) is 15.3. The van der Waals surface area contributed by atoms with Gasteiger partial charge in [-0.1, -0.05) is 31.4 Å². The molecule has 1 amide bonds. The van der Waals surface area contributed by atoms with Crippen LogP contribution in [0.2, 0.25) is 0 Å². The van der Waals surface area contributed by atoms with Crippen molar-refractivity contribution < 1.29 is 14.3 Å². The van der Waals surface area contributed by atoms with Crippen LogP contribution >= 0.6 is 0 Å². The van der Waals surface area contributed by atoms with Crippen LogP contribution in [0.15, 0.2) is 36.4 Å². The Labute approximate surface area is 190 Å². The standard InChI is InChI=1S/C27H32N2O3/c1-27(2,3)32-26(30)29-14-13-21-16-23(10-12-25(21)29)31-18-19-9-11-24(22(15-19)17-28)20-7-5-4-6-8-20/h9-12,15-16,20H,4-8,13-14,18H2,1-3H3. The van der Waals surface area contributed by atoms with Gasteiger partial charge in [-0.05, 0) is 86.9 Å². The number of fused-ring (bicyclic) bond motifs is 1. The Hall–Kier alpha value is -3.00. The number of ether oxygens (including phenoxy) is 2. The maximum absolute atomic E-state index is 12.5. The van der Waals surface area contributed by atoms with Crippen LogP contribution in [0.3, 0.4) is 0 Å². The molecule has 32 heavy (non-hydrogen) atoms.